The van der Waals surface area contributed by atoms with Crippen LogP contribution in [-0.4, -0.2) is 12.4 Å². The number of Topliss-reactive ketones (excluding diaryl/α,β-unsaturated/α-hetero) is 1. The molecule has 1 aliphatic carbocycles. The molecule has 3 rings (SSSR count). The van der Waals surface area contributed by atoms with Crippen LogP contribution in [0.25, 0.3) is 0 Å². The molecule has 1 aromatic rings. The van der Waals surface area contributed by atoms with Crippen LogP contribution >= 0.6 is 0 Å². The van der Waals surface area contributed by atoms with Crippen LogP contribution < -0.4 is 4.74 Å². The van der Waals surface area contributed by atoms with Crippen molar-refractivity contribution in [2.75, 3.05) is 6.61 Å². The molecular formula is C14H16O2. The third-order valence-electron chi connectivity index (χ3n) is 3.47. The van der Waals surface area contributed by atoms with Gasteiger partial charge in [-0.15, -0.1) is 0 Å². The summed E-state index contributed by atoms with van der Waals surface area (Å²) in [6, 6.07) is 6.06. The molecule has 16 heavy (non-hydrogen) atoms. The molecule has 84 valence electrons. The molecule has 1 fully saturated rings. The van der Waals surface area contributed by atoms with E-state index < -0.39 is 0 Å². The van der Waals surface area contributed by atoms with Gasteiger partial charge < -0.3 is 4.74 Å². The fourth-order valence-electron chi connectivity index (χ4n) is 2.24. The summed E-state index contributed by atoms with van der Waals surface area (Å²) in [6.45, 7) is 0.540. The quantitative estimate of drug-likeness (QED) is 0.776. The van der Waals surface area contributed by atoms with Crippen molar-refractivity contribution < 1.29 is 9.53 Å². The monoisotopic (exact) mass is 216 g/mol. The minimum Gasteiger partial charge on any atom is -0.492 e. The minimum atomic E-state index is 0.218. The first-order valence-corrected chi connectivity index (χ1v) is 6.12. The zero-order valence-corrected chi connectivity index (χ0v) is 9.37. The van der Waals surface area contributed by atoms with E-state index in [1.165, 1.54) is 24.8 Å². The first-order valence-electron chi connectivity index (χ1n) is 6.12. The van der Waals surface area contributed by atoms with Crippen molar-refractivity contribution in [3.63, 3.8) is 0 Å². The molecule has 2 heteroatoms. The van der Waals surface area contributed by atoms with Gasteiger partial charge >= 0.3 is 0 Å². The molecule has 2 aliphatic rings. The zero-order valence-electron chi connectivity index (χ0n) is 9.37. The Morgan fingerprint density at radius 1 is 1.31 bits per heavy atom. The number of carbonyl (C=O) groups is 1. The maximum absolute atomic E-state index is 11.6. The lowest BCUT2D eigenvalue weighted by molar-refractivity contribution is 0.0933. The highest BCUT2D eigenvalue weighted by Gasteiger charge is 2.22. The molecule has 0 amide bonds. The van der Waals surface area contributed by atoms with E-state index >= 15 is 0 Å². The van der Waals surface area contributed by atoms with E-state index in [9.17, 15) is 4.79 Å². The van der Waals surface area contributed by atoms with E-state index in [2.05, 4.69) is 12.1 Å². The normalized spacial score (nSPS) is 19.1. The van der Waals surface area contributed by atoms with Gasteiger partial charge in [-0.05, 0) is 36.5 Å². The predicted octanol–water partition coefficient (Wildman–Crippen LogP) is 2.99. The Bertz CT molecular complexity index is 419. The molecule has 0 N–H and O–H groups in total. The van der Waals surface area contributed by atoms with Gasteiger partial charge in [-0.1, -0.05) is 18.9 Å². The number of ketones is 1. The molecule has 1 aromatic carbocycles. The molecule has 0 bridgehead atoms. The molecule has 2 nitrogen and oxygen atoms in total. The van der Waals surface area contributed by atoms with Gasteiger partial charge in [-0.25, -0.2) is 0 Å². The van der Waals surface area contributed by atoms with E-state index in [1.807, 2.05) is 6.07 Å². The summed E-state index contributed by atoms with van der Waals surface area (Å²) >= 11 is 0. The number of benzene rings is 1. The van der Waals surface area contributed by atoms with E-state index in [0.717, 1.165) is 23.7 Å². The molecule has 0 unspecified atom stereocenters. The van der Waals surface area contributed by atoms with Crippen molar-refractivity contribution in [3.05, 3.63) is 29.3 Å². The molecule has 1 heterocycles. The van der Waals surface area contributed by atoms with Gasteiger partial charge in [-0.3, -0.25) is 4.79 Å². The second-order valence-corrected chi connectivity index (χ2v) is 4.83. The van der Waals surface area contributed by atoms with Crippen LogP contribution in [0.5, 0.6) is 5.75 Å². The smallest absolute Gasteiger partial charge is 0.169 e. The molecule has 0 saturated heterocycles. The van der Waals surface area contributed by atoms with Gasteiger partial charge in [0.05, 0.1) is 12.2 Å². The number of aryl methyl sites for hydroxylation is 1. The first-order chi connectivity index (χ1) is 7.83. The van der Waals surface area contributed by atoms with Gasteiger partial charge in [0.25, 0.3) is 0 Å². The van der Waals surface area contributed by atoms with Crippen LogP contribution in [0.15, 0.2) is 18.2 Å². The molecule has 0 spiro atoms. The van der Waals surface area contributed by atoms with E-state index in [-0.39, 0.29) is 5.78 Å². The summed E-state index contributed by atoms with van der Waals surface area (Å²) in [5, 5.41) is 0. The topological polar surface area (TPSA) is 26.3 Å². The zero-order chi connectivity index (χ0) is 11.0. The van der Waals surface area contributed by atoms with Crippen LogP contribution in [-0.2, 0) is 6.42 Å². The van der Waals surface area contributed by atoms with Crippen molar-refractivity contribution >= 4 is 5.78 Å². The molecule has 0 radical (unpaired) electrons. The van der Waals surface area contributed by atoms with Crippen LogP contribution in [0.1, 0.15) is 41.6 Å². The lowest BCUT2D eigenvalue weighted by Crippen LogP contribution is -2.15. The number of rotatable bonds is 3. The van der Waals surface area contributed by atoms with Crippen molar-refractivity contribution in [3.8, 4) is 5.75 Å². The predicted molar refractivity (Wildman–Crippen MR) is 61.9 cm³/mol. The Morgan fingerprint density at radius 2 is 2.19 bits per heavy atom. The molecule has 1 aliphatic heterocycles. The lowest BCUT2D eigenvalue weighted by Gasteiger charge is -2.16. The van der Waals surface area contributed by atoms with Gasteiger partial charge in [0.2, 0.25) is 0 Å². The Morgan fingerprint density at radius 3 is 3.00 bits per heavy atom. The minimum absolute atomic E-state index is 0.218. The Balaban J connectivity index is 1.77. The highest BCUT2D eigenvalue weighted by Crippen LogP contribution is 2.34. The van der Waals surface area contributed by atoms with E-state index in [4.69, 9.17) is 4.74 Å². The summed E-state index contributed by atoms with van der Waals surface area (Å²) in [4.78, 5) is 11.6. The van der Waals surface area contributed by atoms with Crippen molar-refractivity contribution in [1.82, 2.24) is 0 Å². The molecular weight excluding hydrogens is 200 g/mol. The maximum atomic E-state index is 11.6. The average Bonchev–Trinajstić information content (AvgIpc) is 3.10. The van der Waals surface area contributed by atoms with Crippen LogP contribution in [0, 0.1) is 5.92 Å². The fourth-order valence-corrected chi connectivity index (χ4v) is 2.24. The van der Waals surface area contributed by atoms with Gasteiger partial charge in [0, 0.05) is 6.42 Å². The molecule has 0 atom stereocenters. The van der Waals surface area contributed by atoms with Crippen LogP contribution in [0.4, 0.5) is 0 Å². The first kappa shape index (κ1) is 9.88. The largest absolute Gasteiger partial charge is 0.492 e. The highest BCUT2D eigenvalue weighted by atomic mass is 16.5. The Kier molecular flexibility index (Phi) is 2.43. The second kappa shape index (κ2) is 3.93. The van der Waals surface area contributed by atoms with Crippen LogP contribution in [0.3, 0.4) is 0 Å². The van der Waals surface area contributed by atoms with Crippen molar-refractivity contribution in [2.45, 2.75) is 32.1 Å². The molecule has 1 saturated carbocycles. The highest BCUT2D eigenvalue weighted by molar-refractivity contribution is 5.99. The van der Waals surface area contributed by atoms with Crippen molar-refractivity contribution in [2.24, 2.45) is 5.92 Å². The Labute approximate surface area is 95.6 Å². The third-order valence-corrected chi connectivity index (χ3v) is 3.47. The molecule has 0 aromatic heterocycles. The lowest BCUT2D eigenvalue weighted by atomic mass is 10.00. The number of carbonyl (C=O) groups excluding carboxylic acids is 1. The summed E-state index contributed by atoms with van der Waals surface area (Å²) < 4.78 is 5.54. The number of ether oxygens (including phenoxy) is 1. The maximum Gasteiger partial charge on any atom is 0.169 e. The third kappa shape index (κ3) is 1.97. The summed E-state index contributed by atoms with van der Waals surface area (Å²) in [6.07, 6.45) is 5.73. The summed E-state index contributed by atoms with van der Waals surface area (Å²) in [5.74, 6) is 1.97. The van der Waals surface area contributed by atoms with Crippen LogP contribution in [0.2, 0.25) is 0 Å². The van der Waals surface area contributed by atoms with E-state index in [1.54, 1.807) is 0 Å². The summed E-state index contributed by atoms with van der Waals surface area (Å²) in [7, 11) is 0. The van der Waals surface area contributed by atoms with Gasteiger partial charge in [0.1, 0.15) is 5.75 Å². The summed E-state index contributed by atoms with van der Waals surface area (Å²) in [5.41, 5.74) is 2.07. The van der Waals surface area contributed by atoms with E-state index in [0.29, 0.717) is 13.0 Å². The standard InChI is InChI=1S/C14H16O2/c15-13-7-8-16-14-9-11(5-6-12(13)14)4-3-10-1-2-10/h5-6,9-10H,1-4,7-8H2. The fraction of sp³-hybridized carbons (Fsp3) is 0.500. The number of fused-ring (bicyclic) bond motifs is 1. The van der Waals surface area contributed by atoms with Gasteiger partial charge in [-0.2, -0.15) is 0 Å². The number of hydrogen-bond donors (Lipinski definition) is 0. The van der Waals surface area contributed by atoms with Crippen molar-refractivity contribution in [1.29, 1.82) is 0 Å². The second-order valence-electron chi connectivity index (χ2n) is 4.83. The average molecular weight is 216 g/mol. The number of hydrogen-bond acceptors (Lipinski definition) is 2. The van der Waals surface area contributed by atoms with Gasteiger partial charge in [0.15, 0.2) is 5.78 Å². The Hall–Kier alpha value is -1.31. The SMILES string of the molecule is O=C1CCOc2cc(CCC3CC3)ccc21.